The Morgan fingerprint density at radius 3 is 0.767 bits per heavy atom. The topological polar surface area (TPSA) is 27.6 Å². The third-order valence-corrected chi connectivity index (χ3v) is 6.53. The molecule has 0 aromatic rings. The Bertz CT molecular complexity index is 280. The van der Waals surface area contributed by atoms with Gasteiger partial charge in [0.15, 0.2) is 0 Å². The minimum atomic E-state index is 0. The van der Waals surface area contributed by atoms with Crippen LogP contribution in [0.25, 0.3) is 0 Å². The summed E-state index contributed by atoms with van der Waals surface area (Å²) in [4.78, 5) is 0. The van der Waals surface area contributed by atoms with Gasteiger partial charge in [0.25, 0.3) is 0 Å². The molecular weight excluding hydrogens is 386 g/mol. The molecule has 0 heterocycles. The van der Waals surface area contributed by atoms with E-state index in [0.29, 0.717) is 0 Å². The summed E-state index contributed by atoms with van der Waals surface area (Å²) in [5.74, 6) is 0.897. The highest BCUT2D eigenvalue weighted by Crippen LogP contribution is 2.16. The van der Waals surface area contributed by atoms with Crippen molar-refractivity contribution in [2.24, 2.45) is 5.92 Å². The predicted molar refractivity (Wildman–Crippen MR) is 133 cm³/mol. The van der Waals surface area contributed by atoms with Crippen LogP contribution in [-0.2, 0) is 0 Å². The lowest BCUT2D eigenvalue weighted by atomic mass is 10.0. The smallest absolute Gasteiger partial charge is 0.0739 e. The van der Waals surface area contributed by atoms with Crippen molar-refractivity contribution >= 4 is 0 Å². The van der Waals surface area contributed by atoms with Crippen LogP contribution in [0.2, 0.25) is 0 Å². The molecule has 0 bridgehead atoms. The average Bonchev–Trinajstić information content (AvgIpc) is 2.71. The summed E-state index contributed by atoms with van der Waals surface area (Å²) in [5.41, 5.74) is 3.92. The van der Waals surface area contributed by atoms with Gasteiger partial charge in [0, 0.05) is 0 Å². The second-order valence-corrected chi connectivity index (χ2v) is 10.2. The predicted octanol–water partition coefficient (Wildman–Crippen LogP) is 6.25. The van der Waals surface area contributed by atoms with Crippen molar-refractivity contribution in [3.05, 3.63) is 0 Å². The lowest BCUT2D eigenvalue weighted by molar-refractivity contribution is -0.368. The molecule has 0 radical (unpaired) electrons. The van der Waals surface area contributed by atoms with Gasteiger partial charge >= 0.3 is 0 Å². The number of hydrogen-bond donors (Lipinski definition) is 1. The van der Waals surface area contributed by atoms with E-state index < -0.39 is 0 Å². The lowest BCUT2D eigenvalue weighted by Crippen LogP contribution is -3.00. The zero-order valence-electron chi connectivity index (χ0n) is 21.3. The summed E-state index contributed by atoms with van der Waals surface area (Å²) < 4.78 is 0. The summed E-state index contributed by atoms with van der Waals surface area (Å²) in [6, 6.07) is 0. The Morgan fingerprint density at radius 2 is 0.567 bits per heavy atom. The van der Waals surface area contributed by atoms with Crippen LogP contribution in [0.4, 0.5) is 0 Å². The maximum Gasteiger partial charge on any atom is 0.0739 e. The van der Waals surface area contributed by atoms with Crippen molar-refractivity contribution in [3.8, 4) is 0 Å². The summed E-state index contributed by atoms with van der Waals surface area (Å²) >= 11 is 0. The van der Waals surface area contributed by atoms with Gasteiger partial charge in [-0.2, -0.15) is 0 Å². The molecule has 0 rings (SSSR count). The van der Waals surface area contributed by atoms with E-state index in [1.54, 1.807) is 0 Å². The van der Waals surface area contributed by atoms with Gasteiger partial charge in [-0.15, -0.1) is 0 Å². The van der Waals surface area contributed by atoms with E-state index in [-0.39, 0.29) is 12.4 Å². The van der Waals surface area contributed by atoms with Crippen LogP contribution in [0.1, 0.15) is 168 Å². The Hall–Kier alpha value is 0.250. The molecule has 30 heavy (non-hydrogen) atoms. The first-order valence-corrected chi connectivity index (χ1v) is 14.1. The van der Waals surface area contributed by atoms with Crippen LogP contribution in [0.15, 0.2) is 0 Å². The molecule has 0 aliphatic rings. The number of hydrogen-bond acceptors (Lipinski definition) is 0. The van der Waals surface area contributed by atoms with Crippen LogP contribution in [-0.4, -0.2) is 6.54 Å². The fourth-order valence-electron chi connectivity index (χ4n) is 4.44. The molecule has 0 atom stereocenters. The first-order valence-electron chi connectivity index (χ1n) is 14.1. The highest BCUT2D eigenvalue weighted by atomic mass is 35.5. The summed E-state index contributed by atoms with van der Waals surface area (Å²) in [6.07, 6.45) is 35.2. The number of rotatable bonds is 25. The largest absolute Gasteiger partial charge is 1.00 e. The molecule has 0 saturated carbocycles. The van der Waals surface area contributed by atoms with E-state index in [2.05, 4.69) is 19.6 Å². The summed E-state index contributed by atoms with van der Waals surface area (Å²) in [5, 5.41) is 0. The molecule has 0 spiro atoms. The van der Waals surface area contributed by atoms with Gasteiger partial charge in [-0.05, 0) is 18.8 Å². The van der Waals surface area contributed by atoms with Gasteiger partial charge in [0.1, 0.15) is 0 Å². The number of unbranched alkanes of at least 4 members (excludes halogenated alkanes) is 22. The fraction of sp³-hybridized carbons (Fsp3) is 1.00. The Labute approximate surface area is 198 Å². The highest BCUT2D eigenvalue weighted by molar-refractivity contribution is 4.52. The highest BCUT2D eigenvalue weighted by Gasteiger charge is 1.97. The molecule has 0 aliphatic heterocycles. The van der Waals surface area contributed by atoms with Gasteiger partial charge < -0.3 is 18.1 Å². The quantitative estimate of drug-likeness (QED) is 0.161. The second kappa shape index (κ2) is 29.2. The van der Waals surface area contributed by atoms with Crippen molar-refractivity contribution in [2.45, 2.75) is 168 Å². The first kappa shape index (κ1) is 32.4. The van der Waals surface area contributed by atoms with Gasteiger partial charge in [-0.1, -0.05) is 155 Å². The Kier molecular flexibility index (Phi) is 31.6. The van der Waals surface area contributed by atoms with Crippen molar-refractivity contribution < 1.29 is 18.1 Å². The van der Waals surface area contributed by atoms with Gasteiger partial charge in [-0.3, -0.25) is 0 Å². The maximum atomic E-state index is 3.92. The first-order chi connectivity index (χ1) is 14.3. The molecule has 0 amide bonds. The van der Waals surface area contributed by atoms with Crippen molar-refractivity contribution in [2.75, 3.05) is 6.54 Å². The zero-order valence-corrected chi connectivity index (χ0v) is 22.1. The van der Waals surface area contributed by atoms with E-state index in [4.69, 9.17) is 0 Å². The molecule has 0 unspecified atom stereocenters. The minimum Gasteiger partial charge on any atom is -1.00 e. The third kappa shape index (κ3) is 30.4. The number of halogens is 1. The van der Waals surface area contributed by atoms with Gasteiger partial charge in [-0.25, -0.2) is 0 Å². The molecular formula is C28H60ClN. The summed E-state index contributed by atoms with van der Waals surface area (Å²) in [7, 11) is 0. The van der Waals surface area contributed by atoms with E-state index in [1.807, 2.05) is 0 Å². The van der Waals surface area contributed by atoms with E-state index in [0.717, 1.165) is 12.5 Å². The Morgan fingerprint density at radius 1 is 0.367 bits per heavy atom. The van der Waals surface area contributed by atoms with Crippen LogP contribution >= 0.6 is 0 Å². The lowest BCUT2D eigenvalue weighted by Gasteiger charge is -2.05. The van der Waals surface area contributed by atoms with Gasteiger partial charge in [0.05, 0.1) is 6.54 Å². The van der Waals surface area contributed by atoms with E-state index in [1.165, 1.54) is 154 Å². The SMILES string of the molecule is CC(C)CCCCCCCCCCCCCCCCCCCCCCCCC[NH3+].[Cl-]. The second-order valence-electron chi connectivity index (χ2n) is 10.2. The molecule has 0 saturated heterocycles. The van der Waals surface area contributed by atoms with E-state index >= 15 is 0 Å². The van der Waals surface area contributed by atoms with Gasteiger partial charge in [0.2, 0.25) is 0 Å². The standard InChI is InChI=1S/C28H59N.ClH/c1-28(2)26-24-22-20-18-16-14-12-10-8-6-4-3-5-7-9-11-13-15-17-19-21-23-25-27-29;/h28H,3-27,29H2,1-2H3;1H. The maximum absolute atomic E-state index is 3.92. The molecule has 0 fully saturated rings. The van der Waals surface area contributed by atoms with E-state index in [9.17, 15) is 0 Å². The molecule has 2 heteroatoms. The molecule has 0 aromatic carbocycles. The van der Waals surface area contributed by atoms with Crippen LogP contribution < -0.4 is 18.1 Å². The monoisotopic (exact) mass is 445 g/mol. The minimum absolute atomic E-state index is 0. The van der Waals surface area contributed by atoms with Crippen molar-refractivity contribution in [1.29, 1.82) is 0 Å². The van der Waals surface area contributed by atoms with Crippen molar-refractivity contribution in [3.63, 3.8) is 0 Å². The number of quaternary nitrogens is 1. The third-order valence-electron chi connectivity index (χ3n) is 6.53. The summed E-state index contributed by atoms with van der Waals surface area (Å²) in [6.45, 7) is 5.81. The van der Waals surface area contributed by atoms with Crippen molar-refractivity contribution in [1.82, 2.24) is 0 Å². The molecule has 0 aliphatic carbocycles. The molecule has 0 aromatic heterocycles. The molecule has 184 valence electrons. The van der Waals surface area contributed by atoms with Crippen LogP contribution in [0.5, 0.6) is 0 Å². The Balaban J connectivity index is 0. The normalized spacial score (nSPS) is 11.2. The average molecular weight is 446 g/mol. The molecule has 3 N–H and O–H groups in total. The van der Waals surface area contributed by atoms with Crippen LogP contribution in [0.3, 0.4) is 0 Å². The zero-order chi connectivity index (χ0) is 21.3. The fourth-order valence-corrected chi connectivity index (χ4v) is 4.44. The molecule has 1 nitrogen and oxygen atoms in total. The van der Waals surface area contributed by atoms with Crippen LogP contribution in [0, 0.1) is 5.92 Å².